The fraction of sp³-hybridized carbons (Fsp3) is 0.273. The maximum Gasteiger partial charge on any atom is 0.231 e. The van der Waals surface area contributed by atoms with E-state index in [1.807, 2.05) is 55.5 Å². The lowest BCUT2D eigenvalue weighted by atomic mass is 10.1. The summed E-state index contributed by atoms with van der Waals surface area (Å²) in [5.41, 5.74) is 1.82. The third kappa shape index (κ3) is 5.21. The normalized spacial score (nSPS) is 15.9. The smallest absolute Gasteiger partial charge is 0.231 e. The second-order valence-electron chi connectivity index (χ2n) is 7.13. The summed E-state index contributed by atoms with van der Waals surface area (Å²) in [5.74, 6) is 0.00141. The maximum absolute atomic E-state index is 12.7. The van der Waals surface area contributed by atoms with E-state index in [9.17, 15) is 9.59 Å². The molecular formula is C22H21ClN4O3S. The maximum atomic E-state index is 12.7. The first-order valence-electron chi connectivity index (χ1n) is 9.92. The van der Waals surface area contributed by atoms with E-state index in [1.54, 1.807) is 4.90 Å². The SMILES string of the molecule is CCOc1ccc(N2C[C@H](C(=O)Nc3nnc(Cc4ccc(Cl)cc4)s3)CC2=O)cc1. The number of carbonyl (C=O) groups is 2. The van der Waals surface area contributed by atoms with Gasteiger partial charge in [-0.05, 0) is 48.9 Å². The topological polar surface area (TPSA) is 84.4 Å². The highest BCUT2D eigenvalue weighted by atomic mass is 35.5. The van der Waals surface area contributed by atoms with Crippen molar-refractivity contribution in [1.82, 2.24) is 10.2 Å². The lowest BCUT2D eigenvalue weighted by Gasteiger charge is -2.17. The van der Waals surface area contributed by atoms with E-state index >= 15 is 0 Å². The van der Waals surface area contributed by atoms with Crippen molar-refractivity contribution >= 4 is 45.6 Å². The van der Waals surface area contributed by atoms with Crippen molar-refractivity contribution in [3.05, 3.63) is 64.1 Å². The largest absolute Gasteiger partial charge is 0.494 e. The molecule has 9 heteroatoms. The molecule has 2 heterocycles. The Morgan fingerprint density at radius 3 is 2.65 bits per heavy atom. The molecule has 7 nitrogen and oxygen atoms in total. The summed E-state index contributed by atoms with van der Waals surface area (Å²) in [7, 11) is 0. The lowest BCUT2D eigenvalue weighted by molar-refractivity contribution is -0.122. The minimum atomic E-state index is -0.442. The van der Waals surface area contributed by atoms with Crippen LogP contribution in [0.4, 0.5) is 10.8 Å². The summed E-state index contributed by atoms with van der Waals surface area (Å²) in [6, 6.07) is 14.8. The molecule has 31 heavy (non-hydrogen) atoms. The van der Waals surface area contributed by atoms with Gasteiger partial charge in [-0.25, -0.2) is 0 Å². The molecule has 0 saturated carbocycles. The van der Waals surface area contributed by atoms with E-state index in [-0.39, 0.29) is 18.2 Å². The number of anilines is 2. The molecule has 0 spiro atoms. The molecule has 1 N–H and O–H groups in total. The van der Waals surface area contributed by atoms with Crippen molar-refractivity contribution in [2.24, 2.45) is 5.92 Å². The summed E-state index contributed by atoms with van der Waals surface area (Å²) in [6.45, 7) is 2.83. The van der Waals surface area contributed by atoms with Crippen molar-refractivity contribution in [2.75, 3.05) is 23.4 Å². The Kier molecular flexibility index (Phi) is 6.48. The highest BCUT2D eigenvalue weighted by molar-refractivity contribution is 7.15. The number of amides is 2. The average Bonchev–Trinajstić information content (AvgIpc) is 3.37. The monoisotopic (exact) mass is 456 g/mol. The zero-order chi connectivity index (χ0) is 21.8. The molecule has 1 aromatic heterocycles. The molecule has 0 bridgehead atoms. The molecule has 1 aliphatic rings. The Hall–Kier alpha value is -2.97. The van der Waals surface area contributed by atoms with Crippen molar-refractivity contribution in [3.8, 4) is 5.75 Å². The standard InChI is InChI=1S/C22H21ClN4O3S/c1-2-30-18-9-7-17(8-10-18)27-13-15(12-20(27)28)21(29)24-22-26-25-19(31-22)11-14-3-5-16(23)6-4-14/h3-10,15H,2,11-13H2,1H3,(H,24,26,29)/t15-/m1/s1. The van der Waals surface area contributed by atoms with E-state index in [0.29, 0.717) is 29.7 Å². The highest BCUT2D eigenvalue weighted by Crippen LogP contribution is 2.28. The van der Waals surface area contributed by atoms with Crippen molar-refractivity contribution < 1.29 is 14.3 Å². The summed E-state index contributed by atoms with van der Waals surface area (Å²) < 4.78 is 5.44. The Bertz CT molecular complexity index is 1070. The summed E-state index contributed by atoms with van der Waals surface area (Å²) in [4.78, 5) is 26.8. The van der Waals surface area contributed by atoms with Crippen LogP contribution in [0.25, 0.3) is 0 Å². The number of nitrogens with zero attached hydrogens (tertiary/aromatic N) is 3. The minimum Gasteiger partial charge on any atom is -0.494 e. The van der Waals surface area contributed by atoms with Gasteiger partial charge in [-0.1, -0.05) is 35.1 Å². The van der Waals surface area contributed by atoms with E-state index in [0.717, 1.165) is 22.0 Å². The second kappa shape index (κ2) is 9.45. The van der Waals surface area contributed by atoms with E-state index in [2.05, 4.69) is 15.5 Å². The number of carbonyl (C=O) groups excluding carboxylic acids is 2. The molecule has 2 amide bonds. The first kappa shape index (κ1) is 21.3. The zero-order valence-corrected chi connectivity index (χ0v) is 18.4. The minimum absolute atomic E-state index is 0.0787. The molecule has 1 fully saturated rings. The molecule has 2 aromatic carbocycles. The van der Waals surface area contributed by atoms with Gasteiger partial charge in [0.25, 0.3) is 0 Å². The van der Waals surface area contributed by atoms with Crippen molar-refractivity contribution in [2.45, 2.75) is 19.8 Å². The van der Waals surface area contributed by atoms with Gasteiger partial charge < -0.3 is 15.0 Å². The molecule has 160 valence electrons. The molecule has 0 radical (unpaired) electrons. The van der Waals surface area contributed by atoms with Crippen LogP contribution < -0.4 is 15.0 Å². The van der Waals surface area contributed by atoms with Gasteiger partial charge in [0.2, 0.25) is 16.9 Å². The third-order valence-electron chi connectivity index (χ3n) is 4.92. The Morgan fingerprint density at radius 2 is 1.94 bits per heavy atom. The van der Waals surface area contributed by atoms with E-state index < -0.39 is 5.92 Å². The van der Waals surface area contributed by atoms with E-state index in [1.165, 1.54) is 11.3 Å². The number of ether oxygens (including phenoxy) is 1. The van der Waals surface area contributed by atoms with Gasteiger partial charge in [0, 0.05) is 30.1 Å². The molecule has 3 aromatic rings. The fourth-order valence-electron chi connectivity index (χ4n) is 3.38. The second-order valence-corrected chi connectivity index (χ2v) is 8.62. The van der Waals surface area contributed by atoms with Gasteiger partial charge in [0.05, 0.1) is 12.5 Å². The first-order valence-corrected chi connectivity index (χ1v) is 11.1. The van der Waals surface area contributed by atoms with Crippen LogP contribution in [0.1, 0.15) is 23.9 Å². The molecule has 4 rings (SSSR count). The molecule has 1 saturated heterocycles. The van der Waals surface area contributed by atoms with Gasteiger partial charge in [0.1, 0.15) is 10.8 Å². The van der Waals surface area contributed by atoms with Crippen molar-refractivity contribution in [3.63, 3.8) is 0 Å². The van der Waals surface area contributed by atoms with Crippen LogP contribution in [0.5, 0.6) is 5.75 Å². The zero-order valence-electron chi connectivity index (χ0n) is 16.9. The predicted molar refractivity (Wildman–Crippen MR) is 121 cm³/mol. The van der Waals surface area contributed by atoms with Crippen LogP contribution in [-0.2, 0) is 16.0 Å². The van der Waals surface area contributed by atoms with Crippen LogP contribution in [0.3, 0.4) is 0 Å². The van der Waals surface area contributed by atoms with Gasteiger partial charge in [0.15, 0.2) is 0 Å². The van der Waals surface area contributed by atoms with Crippen LogP contribution in [0.15, 0.2) is 48.5 Å². The lowest BCUT2D eigenvalue weighted by Crippen LogP contribution is -2.28. The summed E-state index contributed by atoms with van der Waals surface area (Å²) in [6.07, 6.45) is 0.771. The van der Waals surface area contributed by atoms with Crippen molar-refractivity contribution in [1.29, 1.82) is 0 Å². The fourth-order valence-corrected chi connectivity index (χ4v) is 4.28. The van der Waals surface area contributed by atoms with Gasteiger partial charge >= 0.3 is 0 Å². The Labute approximate surface area is 189 Å². The van der Waals surface area contributed by atoms with Crippen LogP contribution >= 0.6 is 22.9 Å². The predicted octanol–water partition coefficient (Wildman–Crippen LogP) is 4.17. The molecule has 1 aliphatic heterocycles. The Balaban J connectivity index is 1.35. The van der Waals surface area contributed by atoms with Crippen LogP contribution in [0, 0.1) is 5.92 Å². The van der Waals surface area contributed by atoms with E-state index in [4.69, 9.17) is 16.3 Å². The Morgan fingerprint density at radius 1 is 1.19 bits per heavy atom. The molecule has 1 atom stereocenters. The average molecular weight is 457 g/mol. The highest BCUT2D eigenvalue weighted by Gasteiger charge is 2.35. The van der Waals surface area contributed by atoms with Gasteiger partial charge in [-0.2, -0.15) is 0 Å². The quantitative estimate of drug-likeness (QED) is 0.576. The third-order valence-corrected chi connectivity index (χ3v) is 6.01. The number of nitrogens with one attached hydrogen (secondary N) is 1. The summed E-state index contributed by atoms with van der Waals surface area (Å²) in [5, 5.41) is 12.9. The number of halogens is 1. The van der Waals surface area contributed by atoms with Crippen LogP contribution in [0.2, 0.25) is 5.02 Å². The number of hydrogen-bond donors (Lipinski definition) is 1. The number of hydrogen-bond acceptors (Lipinski definition) is 6. The van der Waals surface area contributed by atoms with Gasteiger partial charge in [-0.3, -0.25) is 9.59 Å². The molecule has 0 unspecified atom stereocenters. The number of aromatic nitrogens is 2. The van der Waals surface area contributed by atoms with Gasteiger partial charge in [-0.15, -0.1) is 10.2 Å². The first-order chi connectivity index (χ1) is 15.0. The molecular weight excluding hydrogens is 436 g/mol. The van der Waals surface area contributed by atoms with Crippen LogP contribution in [-0.4, -0.2) is 35.2 Å². The number of rotatable bonds is 7. The number of benzene rings is 2. The molecule has 0 aliphatic carbocycles. The summed E-state index contributed by atoms with van der Waals surface area (Å²) >= 11 is 7.24.